The Balaban J connectivity index is 1.68. The molecule has 0 aliphatic carbocycles. The highest BCUT2D eigenvalue weighted by Gasteiger charge is 2.31. The summed E-state index contributed by atoms with van der Waals surface area (Å²) in [5, 5.41) is 0.815. The number of hydrogen-bond acceptors (Lipinski definition) is 8. The van der Waals surface area contributed by atoms with Crippen molar-refractivity contribution in [2.45, 2.75) is 58.5 Å². The van der Waals surface area contributed by atoms with E-state index in [2.05, 4.69) is 14.7 Å². The van der Waals surface area contributed by atoms with E-state index in [-0.39, 0.29) is 34.3 Å². The van der Waals surface area contributed by atoms with E-state index in [1.807, 2.05) is 20.8 Å². The number of nitrogens with zero attached hydrogens (tertiary/aromatic N) is 4. The molecule has 1 saturated heterocycles. The van der Waals surface area contributed by atoms with E-state index in [1.54, 1.807) is 30.0 Å². The minimum atomic E-state index is -3.70. The standard InChI is InChI=1S/C26H31ClFN5O4S2/c1-5-15-39(35,36)32-18-8-6-7-17(20(18)28)21-22(19-9-12-29-24(27)30-19)38-23(31-21)16-10-13-33(14-11-16)25(34)37-26(2,3)4/h6-9,12,16,32H,5,10-11,13-15H2,1-4H3. The van der Waals surface area contributed by atoms with Crippen molar-refractivity contribution in [1.82, 2.24) is 19.9 Å². The molecule has 1 aliphatic heterocycles. The molecular weight excluding hydrogens is 565 g/mol. The van der Waals surface area contributed by atoms with Crippen LogP contribution in [-0.4, -0.2) is 58.8 Å². The van der Waals surface area contributed by atoms with Gasteiger partial charge in [-0.15, -0.1) is 11.3 Å². The van der Waals surface area contributed by atoms with Gasteiger partial charge in [0.05, 0.1) is 32.7 Å². The molecule has 1 aromatic carbocycles. The van der Waals surface area contributed by atoms with E-state index in [9.17, 15) is 13.2 Å². The predicted molar refractivity (Wildman–Crippen MR) is 151 cm³/mol. The number of thiazole rings is 1. The number of benzene rings is 1. The third-order valence-corrected chi connectivity index (χ3v) is 8.89. The lowest BCUT2D eigenvalue weighted by Crippen LogP contribution is -2.41. The summed E-state index contributed by atoms with van der Waals surface area (Å²) >= 11 is 7.44. The normalized spacial score (nSPS) is 14.9. The topological polar surface area (TPSA) is 114 Å². The van der Waals surface area contributed by atoms with E-state index >= 15 is 4.39 Å². The molecule has 1 aliphatic rings. The number of carbonyl (C=O) groups is 1. The molecule has 0 unspecified atom stereocenters. The Labute approximate surface area is 236 Å². The molecule has 3 heterocycles. The van der Waals surface area contributed by atoms with Gasteiger partial charge in [0.15, 0.2) is 5.82 Å². The number of aromatic nitrogens is 3. The molecule has 0 bridgehead atoms. The number of anilines is 1. The second-order valence-electron chi connectivity index (χ2n) is 10.3. The van der Waals surface area contributed by atoms with Crippen molar-refractivity contribution in [2.75, 3.05) is 23.6 Å². The maximum atomic E-state index is 15.8. The first-order valence-corrected chi connectivity index (χ1v) is 15.5. The van der Waals surface area contributed by atoms with Crippen LogP contribution in [0.25, 0.3) is 21.8 Å². The number of hydrogen-bond donors (Lipinski definition) is 1. The van der Waals surface area contributed by atoms with Crippen LogP contribution in [0.15, 0.2) is 30.5 Å². The Morgan fingerprint density at radius 1 is 1.23 bits per heavy atom. The van der Waals surface area contributed by atoms with Crippen molar-refractivity contribution in [3.63, 3.8) is 0 Å². The van der Waals surface area contributed by atoms with Crippen LogP contribution in [-0.2, 0) is 14.8 Å². The number of likely N-dealkylation sites (tertiary alicyclic amines) is 1. The van der Waals surface area contributed by atoms with Crippen LogP contribution >= 0.6 is 22.9 Å². The average molecular weight is 596 g/mol. The largest absolute Gasteiger partial charge is 0.444 e. The van der Waals surface area contributed by atoms with Gasteiger partial charge in [-0.25, -0.2) is 32.6 Å². The number of rotatable bonds is 7. The van der Waals surface area contributed by atoms with Gasteiger partial charge < -0.3 is 9.64 Å². The number of halogens is 2. The molecule has 0 saturated carbocycles. The second kappa shape index (κ2) is 11.7. The number of nitrogens with one attached hydrogen (secondary N) is 1. The van der Waals surface area contributed by atoms with Gasteiger partial charge in [-0.1, -0.05) is 13.0 Å². The predicted octanol–water partition coefficient (Wildman–Crippen LogP) is 6.33. The van der Waals surface area contributed by atoms with Crippen molar-refractivity contribution in [3.05, 3.63) is 46.6 Å². The number of carbonyl (C=O) groups excluding carboxylic acids is 1. The quantitative estimate of drug-likeness (QED) is 0.318. The fraction of sp³-hybridized carbons (Fsp3) is 0.462. The Morgan fingerprint density at radius 3 is 2.59 bits per heavy atom. The maximum Gasteiger partial charge on any atom is 0.410 e. The molecule has 4 rings (SSSR count). The zero-order valence-electron chi connectivity index (χ0n) is 22.2. The van der Waals surface area contributed by atoms with Gasteiger partial charge in [-0.2, -0.15) is 0 Å². The minimum absolute atomic E-state index is 0.0350. The van der Waals surface area contributed by atoms with E-state index in [4.69, 9.17) is 21.3 Å². The number of amides is 1. The van der Waals surface area contributed by atoms with E-state index < -0.39 is 21.4 Å². The summed E-state index contributed by atoms with van der Waals surface area (Å²) in [5.74, 6) is -0.813. The average Bonchev–Trinajstić information content (AvgIpc) is 3.29. The SMILES string of the molecule is CCCS(=O)(=O)Nc1cccc(-c2nc(C3CCN(C(=O)OC(C)(C)C)CC3)sc2-c2ccnc(Cl)n2)c1F. The highest BCUT2D eigenvalue weighted by molar-refractivity contribution is 7.92. The van der Waals surface area contributed by atoms with Crippen LogP contribution in [0, 0.1) is 5.82 Å². The Bertz CT molecular complexity index is 1450. The van der Waals surface area contributed by atoms with Crippen LogP contribution in [0.4, 0.5) is 14.9 Å². The van der Waals surface area contributed by atoms with Gasteiger partial charge >= 0.3 is 6.09 Å². The van der Waals surface area contributed by atoms with Gasteiger partial charge in [-0.05, 0) is 69.8 Å². The number of piperidine rings is 1. The van der Waals surface area contributed by atoms with Crippen molar-refractivity contribution in [3.8, 4) is 21.8 Å². The molecule has 0 spiro atoms. The number of ether oxygens (including phenoxy) is 1. The molecule has 13 heteroatoms. The minimum Gasteiger partial charge on any atom is -0.444 e. The van der Waals surface area contributed by atoms with Gasteiger partial charge in [0.1, 0.15) is 5.60 Å². The maximum absolute atomic E-state index is 15.8. The Kier molecular flexibility index (Phi) is 8.77. The molecule has 0 atom stereocenters. The smallest absolute Gasteiger partial charge is 0.410 e. The molecule has 3 aromatic rings. The fourth-order valence-corrected chi connectivity index (χ4v) is 6.74. The third-order valence-electron chi connectivity index (χ3n) is 5.99. The summed E-state index contributed by atoms with van der Waals surface area (Å²) in [5.41, 5.74) is 0.248. The van der Waals surface area contributed by atoms with E-state index in [0.717, 1.165) is 5.01 Å². The summed E-state index contributed by atoms with van der Waals surface area (Å²) < 4.78 is 48.3. The van der Waals surface area contributed by atoms with Gasteiger partial charge in [0, 0.05) is 30.8 Å². The third kappa shape index (κ3) is 7.23. The van der Waals surface area contributed by atoms with Gasteiger partial charge in [-0.3, -0.25) is 4.72 Å². The van der Waals surface area contributed by atoms with E-state index in [0.29, 0.717) is 48.6 Å². The summed E-state index contributed by atoms with van der Waals surface area (Å²) in [6.45, 7) is 8.24. The molecule has 0 radical (unpaired) electrons. The summed E-state index contributed by atoms with van der Waals surface area (Å²) in [7, 11) is -3.70. The molecular formula is C26H31ClFN5O4S2. The van der Waals surface area contributed by atoms with Crippen LogP contribution < -0.4 is 4.72 Å². The van der Waals surface area contributed by atoms with E-state index in [1.165, 1.54) is 23.6 Å². The van der Waals surface area contributed by atoms with Gasteiger partial charge in [0.2, 0.25) is 15.3 Å². The first-order chi connectivity index (χ1) is 18.4. The first-order valence-electron chi connectivity index (χ1n) is 12.6. The first kappa shape index (κ1) is 29.2. The van der Waals surface area contributed by atoms with Crippen LogP contribution in [0.1, 0.15) is 57.9 Å². The molecule has 39 heavy (non-hydrogen) atoms. The van der Waals surface area contributed by atoms with Crippen molar-refractivity contribution in [2.24, 2.45) is 0 Å². The molecule has 1 fully saturated rings. The van der Waals surface area contributed by atoms with Crippen LogP contribution in [0.3, 0.4) is 0 Å². The summed E-state index contributed by atoms with van der Waals surface area (Å²) in [6.07, 6.45) is 2.89. The van der Waals surface area contributed by atoms with Crippen molar-refractivity contribution < 1.29 is 22.3 Å². The molecule has 210 valence electrons. The molecule has 2 aromatic heterocycles. The van der Waals surface area contributed by atoms with Gasteiger partial charge in [0.25, 0.3) is 0 Å². The fourth-order valence-electron chi connectivity index (χ4n) is 4.25. The lowest BCUT2D eigenvalue weighted by molar-refractivity contribution is 0.0204. The lowest BCUT2D eigenvalue weighted by Gasteiger charge is -2.32. The van der Waals surface area contributed by atoms with Crippen molar-refractivity contribution >= 4 is 44.7 Å². The van der Waals surface area contributed by atoms with Crippen LogP contribution in [0.5, 0.6) is 0 Å². The molecule has 9 nitrogen and oxygen atoms in total. The van der Waals surface area contributed by atoms with Crippen molar-refractivity contribution in [1.29, 1.82) is 0 Å². The lowest BCUT2D eigenvalue weighted by atomic mass is 9.97. The Hall–Kier alpha value is -2.83. The zero-order chi connectivity index (χ0) is 28.4. The highest BCUT2D eigenvalue weighted by Crippen LogP contribution is 2.42. The monoisotopic (exact) mass is 595 g/mol. The second-order valence-corrected chi connectivity index (χ2v) is 13.5. The summed E-state index contributed by atoms with van der Waals surface area (Å²) in [4.78, 5) is 27.9. The zero-order valence-corrected chi connectivity index (χ0v) is 24.6. The molecule has 1 N–H and O–H groups in total. The number of sulfonamides is 1. The molecule has 1 amide bonds. The van der Waals surface area contributed by atoms with Crippen LogP contribution in [0.2, 0.25) is 5.28 Å². The summed E-state index contributed by atoms with van der Waals surface area (Å²) in [6, 6.07) is 6.19. The Morgan fingerprint density at radius 2 is 1.95 bits per heavy atom. The highest BCUT2D eigenvalue weighted by atomic mass is 35.5.